The lowest BCUT2D eigenvalue weighted by Gasteiger charge is -2.02. The number of aromatic nitrogens is 3. The van der Waals surface area contributed by atoms with Crippen molar-refractivity contribution in [3.05, 3.63) is 54.3 Å². The van der Waals surface area contributed by atoms with Gasteiger partial charge < -0.3 is 4.42 Å². The molecule has 0 atom stereocenters. The number of hydrogen-bond acceptors (Lipinski definition) is 4. The summed E-state index contributed by atoms with van der Waals surface area (Å²) < 4.78 is 18.9. The lowest BCUT2D eigenvalue weighted by atomic mass is 10.1. The molecule has 0 bridgehead atoms. The molecule has 0 aliphatic rings. The van der Waals surface area contributed by atoms with E-state index in [0.717, 1.165) is 0 Å². The summed E-state index contributed by atoms with van der Waals surface area (Å²) in [6, 6.07) is 10.1. The van der Waals surface area contributed by atoms with Crippen LogP contribution < -0.4 is 0 Å². The van der Waals surface area contributed by atoms with E-state index in [9.17, 15) is 4.39 Å². The molecule has 0 fully saturated rings. The van der Waals surface area contributed by atoms with Gasteiger partial charge in [0.2, 0.25) is 5.89 Å². The van der Waals surface area contributed by atoms with Crippen LogP contribution in [0.5, 0.6) is 0 Å². The summed E-state index contributed by atoms with van der Waals surface area (Å²) in [5, 5.41) is 7.62. The van der Waals surface area contributed by atoms with E-state index in [1.165, 1.54) is 6.07 Å². The van der Waals surface area contributed by atoms with Crippen LogP contribution >= 0.6 is 0 Å². The molecule has 0 N–H and O–H groups in total. The van der Waals surface area contributed by atoms with Gasteiger partial charge >= 0.3 is 0 Å². The number of pyridine rings is 1. The zero-order valence-electron chi connectivity index (χ0n) is 10.2. The summed E-state index contributed by atoms with van der Waals surface area (Å²) in [5.41, 5.74) is 1.79. The Kier molecular flexibility index (Phi) is 2.79. The van der Waals surface area contributed by atoms with Crippen LogP contribution in [0.1, 0.15) is 5.89 Å². The first-order valence-corrected chi connectivity index (χ1v) is 5.75. The Bertz CT molecular complexity index is 707. The minimum Gasteiger partial charge on any atom is -0.420 e. The molecule has 94 valence electrons. The maximum Gasteiger partial charge on any atom is 0.266 e. The van der Waals surface area contributed by atoms with Gasteiger partial charge in [-0.2, -0.15) is 0 Å². The van der Waals surface area contributed by atoms with Crippen LogP contribution in [0.15, 0.2) is 47.0 Å². The van der Waals surface area contributed by atoms with Gasteiger partial charge in [-0.15, -0.1) is 10.2 Å². The Hall–Kier alpha value is -2.56. The van der Waals surface area contributed by atoms with Crippen LogP contribution in [-0.4, -0.2) is 15.2 Å². The molecule has 0 unspecified atom stereocenters. The SMILES string of the molecule is Cc1nnc(-c2ccc(-c3ccccc3F)cn2)o1. The van der Waals surface area contributed by atoms with Crippen molar-refractivity contribution in [2.24, 2.45) is 0 Å². The summed E-state index contributed by atoms with van der Waals surface area (Å²) in [6.07, 6.45) is 1.59. The van der Waals surface area contributed by atoms with Crippen LogP contribution in [-0.2, 0) is 0 Å². The Morgan fingerprint density at radius 2 is 1.89 bits per heavy atom. The molecule has 0 radical (unpaired) electrons. The minimum absolute atomic E-state index is 0.273. The highest BCUT2D eigenvalue weighted by Crippen LogP contribution is 2.23. The number of halogens is 1. The van der Waals surface area contributed by atoms with E-state index in [2.05, 4.69) is 15.2 Å². The molecule has 0 aliphatic carbocycles. The lowest BCUT2D eigenvalue weighted by Crippen LogP contribution is -1.87. The predicted octanol–water partition coefficient (Wildman–Crippen LogP) is 3.25. The molecule has 0 aliphatic heterocycles. The van der Waals surface area contributed by atoms with Gasteiger partial charge in [0.25, 0.3) is 5.89 Å². The van der Waals surface area contributed by atoms with Crippen LogP contribution in [0.2, 0.25) is 0 Å². The van der Waals surface area contributed by atoms with E-state index in [1.54, 1.807) is 43.5 Å². The third kappa shape index (κ3) is 2.22. The molecule has 4 nitrogen and oxygen atoms in total. The van der Waals surface area contributed by atoms with Gasteiger partial charge in [-0.25, -0.2) is 4.39 Å². The number of rotatable bonds is 2. The highest BCUT2D eigenvalue weighted by atomic mass is 19.1. The number of aryl methyl sites for hydroxylation is 1. The first kappa shape index (κ1) is 11.5. The summed E-state index contributed by atoms with van der Waals surface area (Å²) in [7, 11) is 0. The fraction of sp³-hybridized carbons (Fsp3) is 0.0714. The van der Waals surface area contributed by atoms with Crippen LogP contribution in [0.25, 0.3) is 22.7 Å². The van der Waals surface area contributed by atoms with Gasteiger partial charge in [-0.3, -0.25) is 4.98 Å². The van der Waals surface area contributed by atoms with Gasteiger partial charge in [-0.1, -0.05) is 24.3 Å². The molecular weight excluding hydrogens is 245 g/mol. The van der Waals surface area contributed by atoms with Crippen molar-refractivity contribution in [1.29, 1.82) is 0 Å². The molecule has 2 aromatic heterocycles. The molecular formula is C14H10FN3O. The van der Waals surface area contributed by atoms with E-state index < -0.39 is 0 Å². The van der Waals surface area contributed by atoms with Gasteiger partial charge in [0, 0.05) is 24.2 Å². The average Bonchev–Trinajstić information content (AvgIpc) is 2.86. The van der Waals surface area contributed by atoms with Crippen molar-refractivity contribution in [3.63, 3.8) is 0 Å². The van der Waals surface area contributed by atoms with E-state index in [0.29, 0.717) is 28.6 Å². The average molecular weight is 255 g/mol. The Morgan fingerprint density at radius 1 is 1.05 bits per heavy atom. The van der Waals surface area contributed by atoms with Crippen molar-refractivity contribution in [2.75, 3.05) is 0 Å². The highest BCUT2D eigenvalue weighted by Gasteiger charge is 2.09. The third-order valence-corrected chi connectivity index (χ3v) is 2.69. The van der Waals surface area contributed by atoms with Crippen molar-refractivity contribution >= 4 is 0 Å². The Morgan fingerprint density at radius 3 is 2.53 bits per heavy atom. The second kappa shape index (κ2) is 4.61. The minimum atomic E-state index is -0.273. The zero-order valence-corrected chi connectivity index (χ0v) is 10.2. The maximum atomic E-state index is 13.6. The van der Waals surface area contributed by atoms with E-state index in [1.807, 2.05) is 0 Å². The number of hydrogen-bond donors (Lipinski definition) is 0. The molecule has 0 saturated heterocycles. The van der Waals surface area contributed by atoms with Crippen molar-refractivity contribution in [2.45, 2.75) is 6.92 Å². The Labute approximate surface area is 108 Å². The maximum absolute atomic E-state index is 13.6. The van der Waals surface area contributed by atoms with E-state index >= 15 is 0 Å². The zero-order chi connectivity index (χ0) is 13.2. The predicted molar refractivity (Wildman–Crippen MR) is 67.7 cm³/mol. The van der Waals surface area contributed by atoms with Crippen molar-refractivity contribution in [1.82, 2.24) is 15.2 Å². The van der Waals surface area contributed by atoms with Crippen molar-refractivity contribution < 1.29 is 8.81 Å². The molecule has 3 rings (SSSR count). The third-order valence-electron chi connectivity index (χ3n) is 2.69. The molecule has 0 spiro atoms. The van der Waals surface area contributed by atoms with Gasteiger partial charge in [0.05, 0.1) is 0 Å². The second-order valence-electron chi connectivity index (χ2n) is 4.04. The molecule has 0 saturated carbocycles. The standard InChI is InChI=1S/C14H10FN3O/c1-9-17-18-14(19-9)13-7-6-10(8-16-13)11-4-2-3-5-12(11)15/h2-8H,1H3. The normalized spacial score (nSPS) is 10.6. The summed E-state index contributed by atoms with van der Waals surface area (Å²) in [5.74, 6) is 0.568. The highest BCUT2D eigenvalue weighted by molar-refractivity contribution is 5.64. The number of benzene rings is 1. The first-order valence-electron chi connectivity index (χ1n) is 5.75. The smallest absolute Gasteiger partial charge is 0.266 e. The molecule has 19 heavy (non-hydrogen) atoms. The van der Waals surface area contributed by atoms with Crippen LogP contribution in [0.3, 0.4) is 0 Å². The second-order valence-corrected chi connectivity index (χ2v) is 4.04. The van der Waals surface area contributed by atoms with Crippen LogP contribution in [0, 0.1) is 12.7 Å². The van der Waals surface area contributed by atoms with Gasteiger partial charge in [0.1, 0.15) is 11.5 Å². The summed E-state index contributed by atoms with van der Waals surface area (Å²) in [4.78, 5) is 4.22. The molecule has 2 heterocycles. The summed E-state index contributed by atoms with van der Waals surface area (Å²) in [6.45, 7) is 1.71. The monoisotopic (exact) mass is 255 g/mol. The van der Waals surface area contributed by atoms with Gasteiger partial charge in [0.15, 0.2) is 0 Å². The molecule has 0 amide bonds. The summed E-state index contributed by atoms with van der Waals surface area (Å²) >= 11 is 0. The number of nitrogens with zero attached hydrogens (tertiary/aromatic N) is 3. The Balaban J connectivity index is 1.97. The fourth-order valence-electron chi connectivity index (χ4n) is 1.78. The largest absolute Gasteiger partial charge is 0.420 e. The quantitative estimate of drug-likeness (QED) is 0.705. The topological polar surface area (TPSA) is 51.8 Å². The first-order chi connectivity index (χ1) is 9.24. The van der Waals surface area contributed by atoms with Crippen LogP contribution in [0.4, 0.5) is 4.39 Å². The van der Waals surface area contributed by atoms with Crippen molar-refractivity contribution in [3.8, 4) is 22.7 Å². The molecule has 3 aromatic rings. The lowest BCUT2D eigenvalue weighted by molar-refractivity contribution is 0.531. The van der Waals surface area contributed by atoms with E-state index in [4.69, 9.17) is 4.42 Å². The molecule has 1 aromatic carbocycles. The fourth-order valence-corrected chi connectivity index (χ4v) is 1.78. The molecule has 5 heteroatoms. The van der Waals surface area contributed by atoms with E-state index in [-0.39, 0.29) is 5.82 Å². The van der Waals surface area contributed by atoms with Gasteiger partial charge in [-0.05, 0) is 12.1 Å².